The van der Waals surface area contributed by atoms with Crippen molar-refractivity contribution in [1.29, 1.82) is 0 Å². The highest BCUT2D eigenvalue weighted by atomic mass is 19.1. The fraction of sp³-hybridized carbons (Fsp3) is 0.292. The molecule has 0 unspecified atom stereocenters. The number of pyridine rings is 2. The molecule has 0 radical (unpaired) electrons. The minimum absolute atomic E-state index is 0.116. The molecule has 0 saturated heterocycles. The molecule has 2 N–H and O–H groups in total. The third kappa shape index (κ3) is 4.39. The molecule has 1 amide bonds. The Kier molecular flexibility index (Phi) is 5.68. The topological polar surface area (TPSA) is 101 Å². The molecule has 0 aliphatic heterocycles. The molecule has 0 aromatic carbocycles. The lowest BCUT2D eigenvalue weighted by molar-refractivity contribution is 0.102. The zero-order chi connectivity index (χ0) is 22.8. The average Bonchev–Trinajstić information content (AvgIpc) is 3.51. The van der Waals surface area contributed by atoms with Gasteiger partial charge in [0.05, 0.1) is 23.6 Å². The van der Waals surface area contributed by atoms with Crippen molar-refractivity contribution in [3.05, 3.63) is 66.1 Å². The third-order valence-corrected chi connectivity index (χ3v) is 5.91. The zero-order valence-electron chi connectivity index (χ0n) is 18.3. The second-order valence-corrected chi connectivity index (χ2v) is 8.36. The van der Waals surface area contributed by atoms with E-state index in [4.69, 9.17) is 0 Å². The zero-order valence-corrected chi connectivity index (χ0v) is 18.3. The molecule has 8 nitrogen and oxygen atoms in total. The lowest BCUT2D eigenvalue weighted by Crippen LogP contribution is -2.14. The summed E-state index contributed by atoms with van der Waals surface area (Å²) in [5.41, 5.74) is 3.21. The number of rotatable bonds is 5. The van der Waals surface area contributed by atoms with E-state index in [1.165, 1.54) is 12.5 Å². The van der Waals surface area contributed by atoms with Crippen LogP contribution in [-0.2, 0) is 0 Å². The molecular weight excluding hydrogens is 421 g/mol. The Hall–Kier alpha value is -3.88. The van der Waals surface area contributed by atoms with Gasteiger partial charge < -0.3 is 5.32 Å². The predicted octanol–water partition coefficient (Wildman–Crippen LogP) is 4.94. The number of nitrogens with one attached hydrogen (secondary N) is 2. The van der Waals surface area contributed by atoms with Crippen LogP contribution < -0.4 is 5.32 Å². The molecular formula is C24H24FN7O. The summed E-state index contributed by atoms with van der Waals surface area (Å²) in [6.07, 6.45) is 12.2. The first-order valence-corrected chi connectivity index (χ1v) is 11.1. The Morgan fingerprint density at radius 3 is 2.79 bits per heavy atom. The van der Waals surface area contributed by atoms with E-state index in [2.05, 4.69) is 30.6 Å². The van der Waals surface area contributed by atoms with Crippen molar-refractivity contribution in [2.75, 3.05) is 5.32 Å². The van der Waals surface area contributed by atoms with Gasteiger partial charge in [0.2, 0.25) is 0 Å². The van der Waals surface area contributed by atoms with Gasteiger partial charge in [-0.1, -0.05) is 25.3 Å². The Morgan fingerprint density at radius 2 is 2.03 bits per heavy atom. The van der Waals surface area contributed by atoms with Crippen LogP contribution in [0, 0.1) is 12.7 Å². The number of hydrogen-bond acceptors (Lipinski definition) is 5. The van der Waals surface area contributed by atoms with Gasteiger partial charge in [-0.2, -0.15) is 10.2 Å². The van der Waals surface area contributed by atoms with E-state index in [-0.39, 0.29) is 17.4 Å². The first-order valence-electron chi connectivity index (χ1n) is 11.1. The summed E-state index contributed by atoms with van der Waals surface area (Å²) in [6, 6.07) is 6.84. The standard InChI is InChI=1S/C24H24FN7O/c1-15-10-18(25)22(26-11-15)23-21(14-32(31-23)17-6-3-2-4-7-17)30-24(33)20-9-5-8-19(29-20)16-12-27-28-13-16/h5,8-14,17H,2-4,6-7H2,1H3,(H,27,28)(H,30,33). The minimum Gasteiger partial charge on any atom is -0.317 e. The number of nitrogens with zero attached hydrogens (tertiary/aromatic N) is 5. The van der Waals surface area contributed by atoms with Crippen molar-refractivity contribution in [3.8, 4) is 22.6 Å². The summed E-state index contributed by atoms with van der Waals surface area (Å²) < 4.78 is 16.6. The van der Waals surface area contributed by atoms with Crippen LogP contribution in [0.25, 0.3) is 22.6 Å². The van der Waals surface area contributed by atoms with Crippen LogP contribution >= 0.6 is 0 Å². The molecule has 9 heteroatoms. The number of amides is 1. The van der Waals surface area contributed by atoms with Crippen LogP contribution in [-0.4, -0.2) is 35.9 Å². The molecule has 5 rings (SSSR count). The summed E-state index contributed by atoms with van der Waals surface area (Å²) in [4.78, 5) is 21.8. The normalized spacial score (nSPS) is 14.4. The molecule has 1 saturated carbocycles. The molecule has 1 fully saturated rings. The first kappa shape index (κ1) is 21.0. The van der Waals surface area contributed by atoms with Gasteiger partial charge >= 0.3 is 0 Å². The van der Waals surface area contributed by atoms with E-state index in [0.717, 1.165) is 31.2 Å². The highest BCUT2D eigenvalue weighted by Gasteiger charge is 2.23. The molecule has 0 atom stereocenters. The van der Waals surface area contributed by atoms with Crippen LogP contribution in [0.5, 0.6) is 0 Å². The molecule has 0 spiro atoms. The number of aromatic amines is 1. The molecule has 4 aromatic rings. The number of carbonyl (C=O) groups excluding carboxylic acids is 1. The van der Waals surface area contributed by atoms with Crippen LogP contribution in [0.15, 0.2) is 49.1 Å². The van der Waals surface area contributed by atoms with E-state index in [0.29, 0.717) is 22.6 Å². The van der Waals surface area contributed by atoms with Gasteiger partial charge in [-0.05, 0) is 43.5 Å². The number of hydrogen-bond donors (Lipinski definition) is 2. The summed E-state index contributed by atoms with van der Waals surface area (Å²) in [7, 11) is 0. The van der Waals surface area contributed by atoms with Crippen molar-refractivity contribution in [2.24, 2.45) is 0 Å². The van der Waals surface area contributed by atoms with Crippen molar-refractivity contribution in [2.45, 2.75) is 45.1 Å². The van der Waals surface area contributed by atoms with E-state index >= 15 is 0 Å². The Bertz CT molecular complexity index is 1280. The minimum atomic E-state index is -0.473. The predicted molar refractivity (Wildman–Crippen MR) is 122 cm³/mol. The highest BCUT2D eigenvalue weighted by molar-refractivity contribution is 6.04. The largest absolute Gasteiger partial charge is 0.317 e. The number of halogens is 1. The van der Waals surface area contributed by atoms with Crippen LogP contribution in [0.4, 0.5) is 10.1 Å². The SMILES string of the molecule is Cc1cnc(-c2nn(C3CCCCC3)cc2NC(=O)c2cccc(-c3cn[nH]c3)n2)c(F)c1. The number of aryl methyl sites for hydroxylation is 1. The van der Waals surface area contributed by atoms with Gasteiger partial charge in [0.1, 0.15) is 17.1 Å². The number of H-pyrrole nitrogens is 1. The van der Waals surface area contributed by atoms with E-state index < -0.39 is 11.7 Å². The van der Waals surface area contributed by atoms with Gasteiger partial charge in [0.25, 0.3) is 5.91 Å². The van der Waals surface area contributed by atoms with Gasteiger partial charge in [-0.25, -0.2) is 9.37 Å². The summed E-state index contributed by atoms with van der Waals surface area (Å²) in [6.45, 7) is 1.78. The molecule has 4 aromatic heterocycles. The van der Waals surface area contributed by atoms with Gasteiger partial charge in [0, 0.05) is 24.2 Å². The second-order valence-electron chi connectivity index (χ2n) is 8.36. The van der Waals surface area contributed by atoms with Crippen LogP contribution in [0.1, 0.15) is 54.2 Å². The number of aromatic nitrogens is 6. The Balaban J connectivity index is 1.49. The van der Waals surface area contributed by atoms with Crippen molar-refractivity contribution in [1.82, 2.24) is 29.9 Å². The van der Waals surface area contributed by atoms with Gasteiger partial charge in [-0.15, -0.1) is 0 Å². The molecule has 4 heterocycles. The molecule has 1 aliphatic rings. The molecule has 168 valence electrons. The smallest absolute Gasteiger partial charge is 0.274 e. The maximum Gasteiger partial charge on any atom is 0.274 e. The fourth-order valence-electron chi connectivity index (χ4n) is 4.20. The number of carbonyl (C=O) groups is 1. The fourth-order valence-corrected chi connectivity index (χ4v) is 4.20. The summed E-state index contributed by atoms with van der Waals surface area (Å²) in [5, 5.41) is 14.2. The van der Waals surface area contributed by atoms with Crippen LogP contribution in [0.3, 0.4) is 0 Å². The lowest BCUT2D eigenvalue weighted by atomic mass is 9.96. The lowest BCUT2D eigenvalue weighted by Gasteiger charge is -2.21. The van der Waals surface area contributed by atoms with Crippen molar-refractivity contribution >= 4 is 11.6 Å². The Labute approximate surface area is 190 Å². The number of anilines is 1. The molecule has 33 heavy (non-hydrogen) atoms. The first-order chi connectivity index (χ1) is 16.1. The van der Waals surface area contributed by atoms with E-state index in [1.54, 1.807) is 49.9 Å². The van der Waals surface area contributed by atoms with E-state index in [9.17, 15) is 9.18 Å². The summed E-state index contributed by atoms with van der Waals surface area (Å²) in [5.74, 6) is -0.878. The Morgan fingerprint density at radius 1 is 1.18 bits per heavy atom. The van der Waals surface area contributed by atoms with Crippen LogP contribution in [0.2, 0.25) is 0 Å². The van der Waals surface area contributed by atoms with Crippen molar-refractivity contribution < 1.29 is 9.18 Å². The van der Waals surface area contributed by atoms with E-state index in [1.807, 2.05) is 4.68 Å². The maximum absolute atomic E-state index is 14.8. The summed E-state index contributed by atoms with van der Waals surface area (Å²) >= 11 is 0. The van der Waals surface area contributed by atoms with Crippen molar-refractivity contribution in [3.63, 3.8) is 0 Å². The highest BCUT2D eigenvalue weighted by Crippen LogP contribution is 2.33. The maximum atomic E-state index is 14.8. The van der Waals surface area contributed by atoms with Gasteiger partial charge in [0.15, 0.2) is 5.82 Å². The molecule has 1 aliphatic carbocycles. The third-order valence-electron chi connectivity index (χ3n) is 5.91. The molecule has 0 bridgehead atoms. The average molecular weight is 446 g/mol. The monoisotopic (exact) mass is 445 g/mol. The second kappa shape index (κ2) is 8.93. The quantitative estimate of drug-likeness (QED) is 0.453. The van der Waals surface area contributed by atoms with Gasteiger partial charge in [-0.3, -0.25) is 19.6 Å².